The highest BCUT2D eigenvalue weighted by molar-refractivity contribution is 6.11. The summed E-state index contributed by atoms with van der Waals surface area (Å²) in [4.78, 5) is 30.7. The average Bonchev–Trinajstić information content (AvgIpc) is 3.12. The second-order valence-corrected chi connectivity index (χ2v) is 7.73. The second kappa shape index (κ2) is 9.28. The fraction of sp³-hybridized carbons (Fsp3) is 0.304. The number of carbonyl (C=O) groups excluding carboxylic acids is 2. The van der Waals surface area contributed by atoms with Gasteiger partial charge in [-0.15, -0.1) is 0 Å². The number of rotatable bonds is 6. The fourth-order valence-electron chi connectivity index (χ4n) is 4.11. The largest absolute Gasteiger partial charge is 0.461 e. The number of amides is 1. The van der Waals surface area contributed by atoms with Gasteiger partial charge in [0.15, 0.2) is 6.54 Å². The van der Waals surface area contributed by atoms with Crippen molar-refractivity contribution in [3.8, 4) is 0 Å². The minimum Gasteiger partial charge on any atom is -0.461 e. The van der Waals surface area contributed by atoms with Crippen LogP contribution in [0.15, 0.2) is 48.5 Å². The van der Waals surface area contributed by atoms with Crippen LogP contribution in [-0.4, -0.2) is 56.2 Å². The maximum atomic E-state index is 13.8. The van der Waals surface area contributed by atoms with E-state index in [1.807, 2.05) is 18.2 Å². The second-order valence-electron chi connectivity index (χ2n) is 7.73. The number of nitrogens with one attached hydrogen (secondary N) is 4. The van der Waals surface area contributed by atoms with Gasteiger partial charge in [0, 0.05) is 10.9 Å². The van der Waals surface area contributed by atoms with Gasteiger partial charge in [-0.2, -0.15) is 0 Å². The number of aromatic nitrogens is 1. The average molecular weight is 426 g/mol. The molecular weight excluding hydrogens is 399 g/mol. The molecule has 1 aromatic heterocycles. The number of halogens is 1. The lowest BCUT2D eigenvalue weighted by atomic mass is 10.2. The molecule has 162 valence electrons. The number of carbonyl (C=O) groups is 2. The van der Waals surface area contributed by atoms with Crippen molar-refractivity contribution in [2.45, 2.75) is 6.92 Å². The fourth-order valence-corrected chi connectivity index (χ4v) is 4.11. The number of para-hydroxylation sites is 1. The molecule has 0 aliphatic carbocycles. The minimum atomic E-state index is -0.582. The Bertz CT molecular complexity index is 1080. The molecule has 0 bridgehead atoms. The summed E-state index contributed by atoms with van der Waals surface area (Å²) in [6.07, 6.45) is 0. The third-order valence-electron chi connectivity index (χ3n) is 5.66. The number of ether oxygens (including phenoxy) is 1. The summed E-state index contributed by atoms with van der Waals surface area (Å²) in [6.45, 7) is 5.81. The first-order valence-electron chi connectivity index (χ1n) is 10.6. The molecule has 3 aromatic rings. The molecule has 1 amide bonds. The lowest BCUT2D eigenvalue weighted by Crippen LogP contribution is -3.26. The lowest BCUT2D eigenvalue weighted by molar-refractivity contribution is -0.981. The highest BCUT2D eigenvalue weighted by atomic mass is 19.1. The SMILES string of the molecule is CCOC(=O)c1[nH]c2ccc(F)cc2c1NC(=O)C[NH+]1CC[NH+](c2ccccc2)CC1. The van der Waals surface area contributed by atoms with E-state index in [0.29, 0.717) is 10.9 Å². The molecule has 1 fully saturated rings. The van der Waals surface area contributed by atoms with Crippen LogP contribution in [-0.2, 0) is 9.53 Å². The maximum absolute atomic E-state index is 13.8. The monoisotopic (exact) mass is 426 g/mol. The molecule has 1 aliphatic heterocycles. The Labute approximate surface area is 179 Å². The Balaban J connectivity index is 1.44. The topological polar surface area (TPSA) is 80.1 Å². The Morgan fingerprint density at radius 3 is 2.55 bits per heavy atom. The molecule has 4 rings (SSSR count). The van der Waals surface area contributed by atoms with E-state index in [2.05, 4.69) is 22.4 Å². The van der Waals surface area contributed by atoms with E-state index in [1.165, 1.54) is 27.6 Å². The van der Waals surface area contributed by atoms with Crippen molar-refractivity contribution >= 4 is 34.2 Å². The Morgan fingerprint density at radius 2 is 1.84 bits per heavy atom. The summed E-state index contributed by atoms with van der Waals surface area (Å²) in [5, 5.41) is 3.27. The Morgan fingerprint density at radius 1 is 1.10 bits per heavy atom. The van der Waals surface area contributed by atoms with Gasteiger partial charge < -0.3 is 19.9 Å². The van der Waals surface area contributed by atoms with Crippen LogP contribution in [0.2, 0.25) is 0 Å². The van der Waals surface area contributed by atoms with E-state index >= 15 is 0 Å². The Hall–Kier alpha value is -3.23. The molecule has 31 heavy (non-hydrogen) atoms. The van der Waals surface area contributed by atoms with Gasteiger partial charge >= 0.3 is 5.97 Å². The standard InChI is InChI=1S/C23H25FN4O3/c1-2-31-23(30)22-21(18-14-16(24)8-9-19(18)25-22)26-20(29)15-27-10-12-28(13-11-27)17-6-4-3-5-7-17/h3-9,14,25H,2,10-13,15H2,1H3,(H,26,29)/p+2. The minimum absolute atomic E-state index is 0.129. The number of anilines is 1. The van der Waals surface area contributed by atoms with E-state index in [1.54, 1.807) is 13.0 Å². The molecule has 7 nitrogen and oxygen atoms in total. The quantitative estimate of drug-likeness (QED) is 0.435. The van der Waals surface area contributed by atoms with Crippen molar-refractivity contribution in [1.29, 1.82) is 0 Å². The van der Waals surface area contributed by atoms with E-state index in [4.69, 9.17) is 4.74 Å². The van der Waals surface area contributed by atoms with Gasteiger partial charge in [0.2, 0.25) is 0 Å². The number of hydrogen-bond acceptors (Lipinski definition) is 3. The van der Waals surface area contributed by atoms with Crippen LogP contribution < -0.4 is 15.1 Å². The van der Waals surface area contributed by atoms with Crippen LogP contribution in [0.25, 0.3) is 10.9 Å². The van der Waals surface area contributed by atoms with Crippen molar-refractivity contribution in [3.05, 3.63) is 60.0 Å². The van der Waals surface area contributed by atoms with Crippen LogP contribution in [0.5, 0.6) is 0 Å². The molecule has 0 atom stereocenters. The molecule has 1 saturated heterocycles. The number of quaternary nitrogens is 2. The zero-order valence-corrected chi connectivity index (χ0v) is 17.5. The van der Waals surface area contributed by atoms with Gasteiger partial charge in [-0.05, 0) is 37.3 Å². The zero-order chi connectivity index (χ0) is 21.8. The molecule has 0 saturated carbocycles. The zero-order valence-electron chi connectivity index (χ0n) is 17.5. The van der Waals surface area contributed by atoms with Crippen molar-refractivity contribution in [1.82, 2.24) is 4.98 Å². The van der Waals surface area contributed by atoms with Crippen LogP contribution in [0.4, 0.5) is 15.8 Å². The molecular formula is C23H27FN4O3+2. The lowest BCUT2D eigenvalue weighted by Gasteiger charge is -2.29. The highest BCUT2D eigenvalue weighted by Gasteiger charge is 2.27. The van der Waals surface area contributed by atoms with Crippen molar-refractivity contribution < 1.29 is 28.5 Å². The summed E-state index contributed by atoms with van der Waals surface area (Å²) >= 11 is 0. The number of hydrogen-bond donors (Lipinski definition) is 4. The van der Waals surface area contributed by atoms with Gasteiger partial charge in [0.05, 0.1) is 12.3 Å². The molecule has 4 N–H and O–H groups in total. The van der Waals surface area contributed by atoms with E-state index in [0.717, 1.165) is 26.2 Å². The molecule has 2 aromatic carbocycles. The van der Waals surface area contributed by atoms with Crippen LogP contribution in [0, 0.1) is 5.82 Å². The number of H-pyrrole nitrogens is 1. The van der Waals surface area contributed by atoms with E-state index < -0.39 is 11.8 Å². The van der Waals surface area contributed by atoms with Crippen molar-refractivity contribution in [2.75, 3.05) is 44.6 Å². The molecule has 8 heteroatoms. The van der Waals surface area contributed by atoms with Crippen molar-refractivity contribution in [2.24, 2.45) is 0 Å². The first-order chi connectivity index (χ1) is 15.0. The molecule has 1 aliphatic rings. The first-order valence-corrected chi connectivity index (χ1v) is 10.6. The number of benzene rings is 2. The highest BCUT2D eigenvalue weighted by Crippen LogP contribution is 2.29. The summed E-state index contributed by atoms with van der Waals surface area (Å²) < 4.78 is 18.9. The molecule has 0 unspecified atom stereocenters. The first kappa shape index (κ1) is 21.0. The number of piperazine rings is 1. The van der Waals surface area contributed by atoms with Gasteiger partial charge in [-0.1, -0.05) is 18.2 Å². The van der Waals surface area contributed by atoms with Gasteiger partial charge in [-0.3, -0.25) is 9.69 Å². The number of aromatic amines is 1. The number of fused-ring (bicyclic) bond motifs is 1. The smallest absolute Gasteiger partial charge is 0.356 e. The van der Waals surface area contributed by atoms with Crippen LogP contribution in [0.3, 0.4) is 0 Å². The molecule has 2 heterocycles. The van der Waals surface area contributed by atoms with Gasteiger partial charge in [-0.25, -0.2) is 9.18 Å². The predicted octanol–water partition coefficient (Wildman–Crippen LogP) is 0.537. The summed E-state index contributed by atoms with van der Waals surface area (Å²) in [5.74, 6) is -1.24. The summed E-state index contributed by atoms with van der Waals surface area (Å²) in [5.41, 5.74) is 2.23. The predicted molar refractivity (Wildman–Crippen MR) is 115 cm³/mol. The van der Waals surface area contributed by atoms with E-state index in [9.17, 15) is 14.0 Å². The Kier molecular flexibility index (Phi) is 6.29. The number of esters is 1. The summed E-state index contributed by atoms with van der Waals surface area (Å²) in [6, 6.07) is 14.5. The van der Waals surface area contributed by atoms with Crippen LogP contribution in [0.1, 0.15) is 17.4 Å². The van der Waals surface area contributed by atoms with Gasteiger partial charge in [0.25, 0.3) is 5.91 Å². The third-order valence-corrected chi connectivity index (χ3v) is 5.66. The van der Waals surface area contributed by atoms with Crippen LogP contribution >= 0.6 is 0 Å². The molecule has 0 spiro atoms. The normalized spacial score (nSPS) is 18.6. The van der Waals surface area contributed by atoms with Crippen molar-refractivity contribution in [3.63, 3.8) is 0 Å². The maximum Gasteiger partial charge on any atom is 0.356 e. The summed E-state index contributed by atoms with van der Waals surface area (Å²) in [7, 11) is 0. The van der Waals surface area contributed by atoms with Gasteiger partial charge in [0.1, 0.15) is 43.4 Å². The molecule has 0 radical (unpaired) electrons. The van der Waals surface area contributed by atoms with E-state index in [-0.39, 0.29) is 30.4 Å². The third kappa shape index (κ3) is 4.76.